The second-order valence-corrected chi connectivity index (χ2v) is 7.91. The molecule has 2 N–H and O–H groups in total. The molecule has 0 radical (unpaired) electrons. The largest absolute Gasteiger partial charge is 0.489 e. The van der Waals surface area contributed by atoms with Crippen LogP contribution >= 0.6 is 15.9 Å². The van der Waals surface area contributed by atoms with Gasteiger partial charge >= 0.3 is 0 Å². The van der Waals surface area contributed by atoms with Crippen LogP contribution in [0.15, 0.2) is 22.7 Å². The van der Waals surface area contributed by atoms with Crippen LogP contribution < -0.4 is 10.1 Å². The lowest BCUT2D eigenvalue weighted by molar-refractivity contribution is 0.000855. The number of hydrogen-bond acceptors (Lipinski definition) is 3. The molecular weight excluding hydrogens is 330 g/mol. The molecule has 0 saturated heterocycles. The Labute approximate surface area is 136 Å². The van der Waals surface area contributed by atoms with E-state index in [0.29, 0.717) is 6.61 Å². The number of nitrogens with one attached hydrogen (secondary N) is 1. The molecule has 1 fully saturated rings. The van der Waals surface area contributed by atoms with E-state index in [-0.39, 0.29) is 5.54 Å². The number of hydrogen-bond donors (Lipinski definition) is 2. The number of para-hydroxylation sites is 1. The molecule has 1 saturated carbocycles. The average Bonchev–Trinajstić information content (AvgIpc) is 2.81. The first-order valence-electron chi connectivity index (χ1n) is 7.67. The van der Waals surface area contributed by atoms with Crippen LogP contribution in [0.4, 0.5) is 0 Å². The van der Waals surface area contributed by atoms with Gasteiger partial charge in [-0.25, -0.2) is 0 Å². The Morgan fingerprint density at radius 1 is 1.29 bits per heavy atom. The Bertz CT molecular complexity index is 476. The first-order chi connectivity index (χ1) is 9.79. The Hall–Kier alpha value is -0.580. The van der Waals surface area contributed by atoms with E-state index in [1.54, 1.807) is 0 Å². The van der Waals surface area contributed by atoms with Crippen molar-refractivity contribution in [1.82, 2.24) is 5.32 Å². The molecule has 0 spiro atoms. The van der Waals surface area contributed by atoms with E-state index >= 15 is 0 Å². The summed E-state index contributed by atoms with van der Waals surface area (Å²) in [5.74, 6) is 0.842. The third-order valence-corrected chi connectivity index (χ3v) is 4.50. The molecule has 1 aromatic rings. The molecular formula is C17H26BrNO2. The summed E-state index contributed by atoms with van der Waals surface area (Å²) in [5.41, 5.74) is 0.522. The minimum absolute atomic E-state index is 0.0588. The maximum absolute atomic E-state index is 10.4. The van der Waals surface area contributed by atoms with E-state index in [4.69, 9.17) is 4.74 Å². The van der Waals surface area contributed by atoms with E-state index < -0.39 is 5.60 Å². The van der Waals surface area contributed by atoms with Crippen LogP contribution in [0.1, 0.15) is 52.0 Å². The van der Waals surface area contributed by atoms with Gasteiger partial charge in [0.05, 0.1) is 10.1 Å². The Balaban J connectivity index is 2.06. The van der Waals surface area contributed by atoms with E-state index in [2.05, 4.69) is 48.1 Å². The zero-order valence-electron chi connectivity index (χ0n) is 13.2. The molecule has 0 aromatic heterocycles. The predicted molar refractivity (Wildman–Crippen MR) is 89.6 cm³/mol. The molecule has 2 rings (SSSR count). The summed E-state index contributed by atoms with van der Waals surface area (Å²) in [5, 5.41) is 13.9. The lowest BCUT2D eigenvalue weighted by Crippen LogP contribution is -2.35. The first-order valence-corrected chi connectivity index (χ1v) is 8.46. The summed E-state index contributed by atoms with van der Waals surface area (Å²) in [6, 6.07) is 6.06. The number of rotatable bonds is 5. The predicted octanol–water partition coefficient (Wildman–Crippen LogP) is 4.02. The Morgan fingerprint density at radius 2 is 1.95 bits per heavy atom. The fraction of sp³-hybridized carbons (Fsp3) is 0.647. The Kier molecular flexibility index (Phi) is 5.33. The quantitative estimate of drug-likeness (QED) is 0.837. The highest BCUT2D eigenvalue weighted by Gasteiger charge is 2.32. The molecule has 0 amide bonds. The van der Waals surface area contributed by atoms with Gasteiger partial charge in [0.15, 0.2) is 0 Å². The van der Waals surface area contributed by atoms with Crippen LogP contribution in [0.2, 0.25) is 0 Å². The Morgan fingerprint density at radius 3 is 2.57 bits per heavy atom. The van der Waals surface area contributed by atoms with Crippen LogP contribution in [-0.4, -0.2) is 22.9 Å². The number of benzene rings is 1. The van der Waals surface area contributed by atoms with Gasteiger partial charge in [0.2, 0.25) is 0 Å². The summed E-state index contributed by atoms with van der Waals surface area (Å²) in [7, 11) is 0. The van der Waals surface area contributed by atoms with Crippen LogP contribution in [0.3, 0.4) is 0 Å². The molecule has 1 aromatic carbocycles. The summed E-state index contributed by atoms with van der Waals surface area (Å²) in [4.78, 5) is 0. The smallest absolute Gasteiger partial charge is 0.138 e. The maximum atomic E-state index is 10.4. The second-order valence-electron chi connectivity index (χ2n) is 7.05. The van der Waals surface area contributed by atoms with E-state index in [9.17, 15) is 5.11 Å². The number of halogens is 1. The minimum atomic E-state index is -0.649. The van der Waals surface area contributed by atoms with E-state index in [1.165, 1.54) is 0 Å². The summed E-state index contributed by atoms with van der Waals surface area (Å²) >= 11 is 3.56. The van der Waals surface area contributed by atoms with Crippen molar-refractivity contribution in [3.05, 3.63) is 28.2 Å². The standard InChI is InChI=1S/C17H26BrNO2/c1-16(2,3)19-11-13-7-6-8-14(18)15(13)21-12-17(20)9-4-5-10-17/h6-8,19-20H,4-5,9-12H2,1-3H3. The number of ether oxygens (including phenoxy) is 1. The van der Waals surface area contributed by atoms with Crippen LogP contribution in [0.25, 0.3) is 0 Å². The third kappa shape index (κ3) is 4.97. The van der Waals surface area contributed by atoms with Crippen molar-refractivity contribution in [2.24, 2.45) is 0 Å². The molecule has 118 valence electrons. The first kappa shape index (κ1) is 16.8. The topological polar surface area (TPSA) is 41.5 Å². The van der Waals surface area contributed by atoms with Gasteiger partial charge in [-0.15, -0.1) is 0 Å². The van der Waals surface area contributed by atoms with Crippen molar-refractivity contribution in [3.8, 4) is 5.75 Å². The van der Waals surface area contributed by atoms with Gasteiger partial charge in [-0.05, 0) is 55.6 Å². The van der Waals surface area contributed by atoms with Crippen molar-refractivity contribution in [1.29, 1.82) is 0 Å². The molecule has 4 heteroatoms. The van der Waals surface area contributed by atoms with Crippen molar-refractivity contribution in [2.75, 3.05) is 6.61 Å². The lowest BCUT2D eigenvalue weighted by Gasteiger charge is -2.25. The van der Waals surface area contributed by atoms with Crippen molar-refractivity contribution in [3.63, 3.8) is 0 Å². The summed E-state index contributed by atoms with van der Waals surface area (Å²) < 4.78 is 6.93. The fourth-order valence-electron chi connectivity index (χ4n) is 2.60. The zero-order chi connectivity index (χ0) is 15.5. The molecule has 21 heavy (non-hydrogen) atoms. The van der Waals surface area contributed by atoms with Crippen LogP contribution in [0, 0.1) is 0 Å². The van der Waals surface area contributed by atoms with Gasteiger partial charge in [-0.3, -0.25) is 0 Å². The lowest BCUT2D eigenvalue weighted by atomic mass is 10.0. The molecule has 3 nitrogen and oxygen atoms in total. The molecule has 0 heterocycles. The van der Waals surface area contributed by atoms with Gasteiger partial charge in [0, 0.05) is 17.6 Å². The molecule has 0 aliphatic heterocycles. The van der Waals surface area contributed by atoms with E-state index in [0.717, 1.165) is 48.0 Å². The van der Waals surface area contributed by atoms with Gasteiger partial charge < -0.3 is 15.2 Å². The van der Waals surface area contributed by atoms with Crippen LogP contribution in [-0.2, 0) is 6.54 Å². The van der Waals surface area contributed by atoms with Gasteiger partial charge in [0.1, 0.15) is 12.4 Å². The van der Waals surface area contributed by atoms with Crippen molar-refractivity contribution in [2.45, 2.75) is 64.1 Å². The second kappa shape index (κ2) is 6.67. The van der Waals surface area contributed by atoms with E-state index in [1.807, 2.05) is 12.1 Å². The van der Waals surface area contributed by atoms with Gasteiger partial charge in [0.25, 0.3) is 0 Å². The number of aliphatic hydroxyl groups is 1. The molecule has 1 aliphatic rings. The summed E-state index contributed by atoms with van der Waals surface area (Å²) in [6.45, 7) is 7.56. The highest BCUT2D eigenvalue weighted by Crippen LogP contribution is 2.34. The third-order valence-electron chi connectivity index (χ3n) is 3.88. The maximum Gasteiger partial charge on any atom is 0.138 e. The highest BCUT2D eigenvalue weighted by molar-refractivity contribution is 9.10. The molecule has 0 bridgehead atoms. The van der Waals surface area contributed by atoms with Crippen molar-refractivity contribution < 1.29 is 9.84 Å². The normalized spacial score (nSPS) is 18.0. The molecule has 0 atom stereocenters. The fourth-order valence-corrected chi connectivity index (χ4v) is 3.12. The molecule has 1 aliphatic carbocycles. The zero-order valence-corrected chi connectivity index (χ0v) is 14.8. The highest BCUT2D eigenvalue weighted by atomic mass is 79.9. The summed E-state index contributed by atoms with van der Waals surface area (Å²) in [6.07, 6.45) is 3.86. The minimum Gasteiger partial charge on any atom is -0.489 e. The molecule has 0 unspecified atom stereocenters. The van der Waals surface area contributed by atoms with Gasteiger partial charge in [-0.1, -0.05) is 25.0 Å². The van der Waals surface area contributed by atoms with Crippen molar-refractivity contribution >= 4 is 15.9 Å². The van der Waals surface area contributed by atoms with Gasteiger partial charge in [-0.2, -0.15) is 0 Å². The SMILES string of the molecule is CC(C)(C)NCc1cccc(Br)c1OCC1(O)CCCC1. The average molecular weight is 356 g/mol. The van der Waals surface area contributed by atoms with Crippen LogP contribution in [0.5, 0.6) is 5.75 Å². The monoisotopic (exact) mass is 355 g/mol.